The van der Waals surface area contributed by atoms with Gasteiger partial charge in [-0.15, -0.1) is 11.3 Å². The maximum absolute atomic E-state index is 10.9. The number of hydrogen-bond acceptors (Lipinski definition) is 3. The van der Waals surface area contributed by atoms with E-state index in [2.05, 4.69) is 6.07 Å². The summed E-state index contributed by atoms with van der Waals surface area (Å²) in [5.74, 6) is 0.342. The highest BCUT2D eigenvalue weighted by Crippen LogP contribution is 2.42. The van der Waals surface area contributed by atoms with Crippen molar-refractivity contribution in [1.82, 2.24) is 0 Å². The van der Waals surface area contributed by atoms with E-state index in [4.69, 9.17) is 5.73 Å². The van der Waals surface area contributed by atoms with Crippen molar-refractivity contribution in [2.45, 2.75) is 18.3 Å². The van der Waals surface area contributed by atoms with Crippen molar-refractivity contribution in [3.63, 3.8) is 0 Å². The summed E-state index contributed by atoms with van der Waals surface area (Å²) in [5.41, 5.74) is 5.68. The summed E-state index contributed by atoms with van der Waals surface area (Å²) in [4.78, 5) is 12.2. The van der Waals surface area contributed by atoms with Gasteiger partial charge in [-0.25, -0.2) is 0 Å². The summed E-state index contributed by atoms with van der Waals surface area (Å²) in [7, 11) is 0. The Kier molecular flexibility index (Phi) is 1.77. The van der Waals surface area contributed by atoms with E-state index in [9.17, 15) is 4.79 Å². The van der Waals surface area contributed by atoms with Crippen molar-refractivity contribution in [1.29, 1.82) is 0 Å². The topological polar surface area (TPSA) is 43.1 Å². The first kappa shape index (κ1) is 7.95. The summed E-state index contributed by atoms with van der Waals surface area (Å²) >= 11 is 1.70. The minimum absolute atomic E-state index is 0.00521. The molecular weight excluding hydrogens is 170 g/mol. The molecule has 2 N–H and O–H groups in total. The second-order valence-electron chi connectivity index (χ2n) is 3.35. The average Bonchev–Trinajstić information content (AvgIpc) is 2.50. The molecule has 0 saturated heterocycles. The van der Waals surface area contributed by atoms with E-state index in [0.717, 1.165) is 0 Å². The lowest BCUT2D eigenvalue weighted by Gasteiger charge is -2.38. The molecule has 0 aliphatic heterocycles. The molecule has 1 aromatic heterocycles. The quantitative estimate of drug-likeness (QED) is 0.747. The third kappa shape index (κ3) is 1.01. The van der Waals surface area contributed by atoms with Crippen LogP contribution in [0.25, 0.3) is 0 Å². The number of ketones is 1. The van der Waals surface area contributed by atoms with Gasteiger partial charge in [0.05, 0.1) is 0 Å². The summed E-state index contributed by atoms with van der Waals surface area (Å²) < 4.78 is 0. The SMILES string of the molecule is NCC1(c2cccs2)CC(=O)C1. The molecule has 0 radical (unpaired) electrons. The van der Waals surface area contributed by atoms with E-state index in [1.54, 1.807) is 11.3 Å². The van der Waals surface area contributed by atoms with Crippen LogP contribution in [-0.4, -0.2) is 12.3 Å². The van der Waals surface area contributed by atoms with Crippen LogP contribution < -0.4 is 5.73 Å². The van der Waals surface area contributed by atoms with Gasteiger partial charge in [-0.1, -0.05) is 6.07 Å². The first-order valence-electron chi connectivity index (χ1n) is 4.03. The Hall–Kier alpha value is -0.670. The van der Waals surface area contributed by atoms with Crippen LogP contribution in [0.3, 0.4) is 0 Å². The smallest absolute Gasteiger partial charge is 0.134 e. The van der Waals surface area contributed by atoms with Crippen molar-refractivity contribution < 1.29 is 4.79 Å². The zero-order valence-corrected chi connectivity index (χ0v) is 7.56. The van der Waals surface area contributed by atoms with E-state index >= 15 is 0 Å². The van der Waals surface area contributed by atoms with Crippen LogP contribution in [0.2, 0.25) is 0 Å². The Morgan fingerprint density at radius 2 is 2.33 bits per heavy atom. The first-order chi connectivity index (χ1) is 5.77. The Morgan fingerprint density at radius 1 is 1.58 bits per heavy atom. The predicted molar refractivity (Wildman–Crippen MR) is 49.3 cm³/mol. The molecule has 0 unspecified atom stereocenters. The van der Waals surface area contributed by atoms with Crippen LogP contribution in [0.15, 0.2) is 17.5 Å². The fourth-order valence-electron chi connectivity index (χ4n) is 1.70. The Morgan fingerprint density at radius 3 is 2.75 bits per heavy atom. The van der Waals surface area contributed by atoms with E-state index in [1.165, 1.54) is 4.88 Å². The molecule has 1 saturated carbocycles. The highest BCUT2D eigenvalue weighted by atomic mass is 32.1. The highest BCUT2D eigenvalue weighted by Gasteiger charge is 2.44. The van der Waals surface area contributed by atoms with Gasteiger partial charge in [0.2, 0.25) is 0 Å². The van der Waals surface area contributed by atoms with E-state index in [-0.39, 0.29) is 5.41 Å². The molecular formula is C9H11NOS. The Labute approximate surface area is 75.4 Å². The zero-order chi connectivity index (χ0) is 8.60. The van der Waals surface area contributed by atoms with Crippen LogP contribution >= 0.6 is 11.3 Å². The fourth-order valence-corrected chi connectivity index (χ4v) is 2.64. The lowest BCUT2D eigenvalue weighted by molar-refractivity contribution is -0.128. The number of carbonyl (C=O) groups is 1. The Bertz CT molecular complexity index is 283. The monoisotopic (exact) mass is 181 g/mol. The molecule has 2 nitrogen and oxygen atoms in total. The third-order valence-electron chi connectivity index (χ3n) is 2.51. The van der Waals surface area contributed by atoms with Gasteiger partial charge in [-0.3, -0.25) is 4.79 Å². The average molecular weight is 181 g/mol. The third-order valence-corrected chi connectivity index (χ3v) is 3.62. The van der Waals surface area contributed by atoms with Gasteiger partial charge in [-0.2, -0.15) is 0 Å². The van der Waals surface area contributed by atoms with E-state index in [0.29, 0.717) is 25.2 Å². The summed E-state index contributed by atoms with van der Waals surface area (Å²) in [6.07, 6.45) is 1.29. The largest absolute Gasteiger partial charge is 0.330 e. The van der Waals surface area contributed by atoms with Gasteiger partial charge in [-0.05, 0) is 11.4 Å². The van der Waals surface area contributed by atoms with E-state index < -0.39 is 0 Å². The molecule has 1 heterocycles. The maximum atomic E-state index is 10.9. The second-order valence-corrected chi connectivity index (χ2v) is 4.30. The summed E-state index contributed by atoms with van der Waals surface area (Å²) in [5, 5.41) is 2.04. The number of hydrogen-bond donors (Lipinski definition) is 1. The Balaban J connectivity index is 2.26. The fraction of sp³-hybridized carbons (Fsp3) is 0.444. The number of rotatable bonds is 2. The highest BCUT2D eigenvalue weighted by molar-refractivity contribution is 7.10. The van der Waals surface area contributed by atoms with Gasteiger partial charge < -0.3 is 5.73 Å². The lowest BCUT2D eigenvalue weighted by atomic mass is 9.67. The summed E-state index contributed by atoms with van der Waals surface area (Å²) in [6, 6.07) is 4.09. The number of nitrogens with two attached hydrogens (primary N) is 1. The van der Waals surface area contributed by atoms with Crippen LogP contribution in [0.5, 0.6) is 0 Å². The first-order valence-corrected chi connectivity index (χ1v) is 4.90. The van der Waals surface area contributed by atoms with Gasteiger partial charge in [0, 0.05) is 29.7 Å². The molecule has 0 spiro atoms. The van der Waals surface area contributed by atoms with Crippen molar-refractivity contribution in [3.05, 3.63) is 22.4 Å². The second kappa shape index (κ2) is 2.68. The molecule has 1 fully saturated rings. The molecule has 1 aromatic rings. The van der Waals surface area contributed by atoms with E-state index in [1.807, 2.05) is 11.4 Å². The minimum atomic E-state index is 0.00521. The molecule has 1 aliphatic carbocycles. The van der Waals surface area contributed by atoms with Crippen molar-refractivity contribution >= 4 is 17.1 Å². The molecule has 3 heteroatoms. The molecule has 0 aromatic carbocycles. The minimum Gasteiger partial charge on any atom is -0.330 e. The zero-order valence-electron chi connectivity index (χ0n) is 6.75. The van der Waals surface area contributed by atoms with Crippen LogP contribution in [0.4, 0.5) is 0 Å². The van der Waals surface area contributed by atoms with Crippen molar-refractivity contribution in [2.24, 2.45) is 5.73 Å². The predicted octanol–water partition coefficient (Wildman–Crippen LogP) is 1.31. The number of carbonyl (C=O) groups excluding carboxylic acids is 1. The van der Waals surface area contributed by atoms with Crippen LogP contribution in [0, 0.1) is 0 Å². The van der Waals surface area contributed by atoms with Gasteiger partial charge in [0.15, 0.2) is 0 Å². The molecule has 64 valence electrons. The van der Waals surface area contributed by atoms with Crippen LogP contribution in [0.1, 0.15) is 17.7 Å². The van der Waals surface area contributed by atoms with Crippen molar-refractivity contribution in [2.75, 3.05) is 6.54 Å². The van der Waals surface area contributed by atoms with Gasteiger partial charge >= 0.3 is 0 Å². The van der Waals surface area contributed by atoms with Crippen molar-refractivity contribution in [3.8, 4) is 0 Å². The molecule has 2 rings (SSSR count). The van der Waals surface area contributed by atoms with Gasteiger partial charge in [0.25, 0.3) is 0 Å². The van der Waals surface area contributed by atoms with Gasteiger partial charge in [0.1, 0.15) is 5.78 Å². The molecule has 1 aliphatic rings. The number of thiophene rings is 1. The lowest BCUT2D eigenvalue weighted by Crippen LogP contribution is -2.46. The summed E-state index contributed by atoms with van der Waals surface area (Å²) in [6.45, 7) is 0.596. The standard InChI is InChI=1S/C9H11NOS/c10-6-9(4-7(11)5-9)8-2-1-3-12-8/h1-3H,4-6,10H2. The normalized spacial score (nSPS) is 20.6. The number of Topliss-reactive ketones (excluding diaryl/α,β-unsaturated/α-hetero) is 1. The molecule has 0 atom stereocenters. The molecule has 0 amide bonds. The maximum Gasteiger partial charge on any atom is 0.134 e. The molecule has 0 bridgehead atoms. The molecule has 12 heavy (non-hydrogen) atoms. The van der Waals surface area contributed by atoms with Crippen LogP contribution in [-0.2, 0) is 10.2 Å².